The van der Waals surface area contributed by atoms with E-state index in [-0.39, 0.29) is 18.6 Å². The smallest absolute Gasteiger partial charge is 0.366 e. The van der Waals surface area contributed by atoms with Crippen molar-refractivity contribution in [2.24, 2.45) is 23.7 Å². The Kier molecular flexibility index (Phi) is 9.79. The van der Waals surface area contributed by atoms with Crippen LogP contribution in [0.1, 0.15) is 53.0 Å². The Hall–Kier alpha value is -1.63. The van der Waals surface area contributed by atoms with Crippen LogP contribution in [0.3, 0.4) is 0 Å². The van der Waals surface area contributed by atoms with Crippen molar-refractivity contribution < 1.29 is 28.5 Å². The highest BCUT2D eigenvalue weighted by Crippen LogP contribution is 2.42. The molecular formula is C25H40O6. The highest BCUT2D eigenvalue weighted by Gasteiger charge is 2.52. The number of carbonyl (C=O) groups excluding carboxylic acids is 1. The standard InChI is InChI=1S/C25H40O6/c1-8-17(2)19(4)23-20(5)18(3)15-25(31-23,24(26)28-7)30-14-13-29-16-21-9-11-22(27-6)12-10-21/h9-12,17-20,23H,8,13-16H2,1-7H3/t17-,18-,19-,20-,23?,25-/m1/s1. The summed E-state index contributed by atoms with van der Waals surface area (Å²) in [6.45, 7) is 12.0. The van der Waals surface area contributed by atoms with Gasteiger partial charge in [-0.3, -0.25) is 0 Å². The van der Waals surface area contributed by atoms with Crippen LogP contribution in [-0.4, -0.2) is 45.3 Å². The first-order valence-electron chi connectivity index (χ1n) is 11.4. The molecule has 0 radical (unpaired) electrons. The van der Waals surface area contributed by atoms with Crippen molar-refractivity contribution >= 4 is 5.97 Å². The number of hydrogen-bond donors (Lipinski definition) is 0. The monoisotopic (exact) mass is 436 g/mol. The van der Waals surface area contributed by atoms with Crippen LogP contribution in [0.4, 0.5) is 0 Å². The van der Waals surface area contributed by atoms with Crippen LogP contribution < -0.4 is 4.74 Å². The summed E-state index contributed by atoms with van der Waals surface area (Å²) in [6.07, 6.45) is 1.47. The highest BCUT2D eigenvalue weighted by atomic mass is 16.7. The molecule has 6 atom stereocenters. The van der Waals surface area contributed by atoms with Crippen molar-refractivity contribution in [1.82, 2.24) is 0 Å². The van der Waals surface area contributed by atoms with Gasteiger partial charge < -0.3 is 23.7 Å². The summed E-state index contributed by atoms with van der Waals surface area (Å²) in [5.74, 6) is 0.356. The molecule has 31 heavy (non-hydrogen) atoms. The van der Waals surface area contributed by atoms with Crippen molar-refractivity contribution in [1.29, 1.82) is 0 Å². The lowest BCUT2D eigenvalue weighted by Crippen LogP contribution is -2.57. The van der Waals surface area contributed by atoms with Crippen LogP contribution in [0.25, 0.3) is 0 Å². The van der Waals surface area contributed by atoms with E-state index in [0.717, 1.165) is 17.7 Å². The maximum absolute atomic E-state index is 12.8. The van der Waals surface area contributed by atoms with Gasteiger partial charge in [-0.05, 0) is 41.4 Å². The summed E-state index contributed by atoms with van der Waals surface area (Å²) in [4.78, 5) is 12.8. The van der Waals surface area contributed by atoms with E-state index in [1.807, 2.05) is 24.3 Å². The van der Waals surface area contributed by atoms with Gasteiger partial charge in [-0.25, -0.2) is 4.79 Å². The molecule has 2 rings (SSSR count). The first-order chi connectivity index (χ1) is 14.8. The molecule has 6 nitrogen and oxygen atoms in total. The molecule has 1 fully saturated rings. The molecule has 0 saturated carbocycles. The molecule has 1 aromatic carbocycles. The third kappa shape index (κ3) is 6.43. The molecule has 1 aliphatic heterocycles. The minimum Gasteiger partial charge on any atom is -0.497 e. The first kappa shape index (κ1) is 25.6. The van der Waals surface area contributed by atoms with E-state index in [2.05, 4.69) is 34.6 Å². The fourth-order valence-electron chi connectivity index (χ4n) is 4.21. The number of benzene rings is 1. The second-order valence-corrected chi connectivity index (χ2v) is 8.86. The van der Waals surface area contributed by atoms with Gasteiger partial charge in [-0.1, -0.05) is 53.2 Å². The Labute approximate surface area is 187 Å². The Balaban J connectivity index is 1.99. The maximum Gasteiger partial charge on any atom is 0.366 e. The van der Waals surface area contributed by atoms with Crippen LogP contribution in [0.2, 0.25) is 0 Å². The van der Waals surface area contributed by atoms with E-state index in [1.165, 1.54) is 7.11 Å². The largest absolute Gasteiger partial charge is 0.497 e. The van der Waals surface area contributed by atoms with E-state index >= 15 is 0 Å². The summed E-state index contributed by atoms with van der Waals surface area (Å²) in [5.41, 5.74) is 1.04. The average molecular weight is 437 g/mol. The molecule has 0 aliphatic carbocycles. The Morgan fingerprint density at radius 1 is 1.16 bits per heavy atom. The Morgan fingerprint density at radius 2 is 1.84 bits per heavy atom. The number of esters is 1. The molecule has 1 aromatic rings. The predicted octanol–water partition coefficient (Wildman–Crippen LogP) is 4.84. The van der Waals surface area contributed by atoms with Gasteiger partial charge in [0.2, 0.25) is 0 Å². The zero-order valence-corrected chi connectivity index (χ0v) is 20.2. The molecular weight excluding hydrogens is 396 g/mol. The number of rotatable bonds is 11. The molecule has 1 unspecified atom stereocenters. The lowest BCUT2D eigenvalue weighted by atomic mass is 9.74. The van der Waals surface area contributed by atoms with Crippen molar-refractivity contribution in [3.05, 3.63) is 29.8 Å². The second-order valence-electron chi connectivity index (χ2n) is 8.86. The molecule has 176 valence electrons. The first-order valence-corrected chi connectivity index (χ1v) is 11.4. The van der Waals surface area contributed by atoms with Gasteiger partial charge in [0.1, 0.15) is 5.75 Å². The molecule has 0 aromatic heterocycles. The molecule has 1 saturated heterocycles. The third-order valence-electron chi connectivity index (χ3n) is 6.88. The summed E-state index contributed by atoms with van der Waals surface area (Å²) in [7, 11) is 3.02. The topological polar surface area (TPSA) is 63.2 Å². The Bertz CT molecular complexity index is 675. The summed E-state index contributed by atoms with van der Waals surface area (Å²) >= 11 is 0. The summed E-state index contributed by atoms with van der Waals surface area (Å²) < 4.78 is 28.5. The van der Waals surface area contributed by atoms with E-state index in [1.54, 1.807) is 7.11 Å². The lowest BCUT2D eigenvalue weighted by molar-refractivity contribution is -0.306. The molecule has 6 heteroatoms. The zero-order valence-electron chi connectivity index (χ0n) is 20.2. The summed E-state index contributed by atoms with van der Waals surface area (Å²) in [5, 5.41) is 0. The lowest BCUT2D eigenvalue weighted by Gasteiger charge is -2.47. The van der Waals surface area contributed by atoms with Crippen LogP contribution in [0, 0.1) is 23.7 Å². The molecule has 0 N–H and O–H groups in total. The molecule has 1 heterocycles. The van der Waals surface area contributed by atoms with Gasteiger partial charge in [0.25, 0.3) is 5.79 Å². The fourth-order valence-corrected chi connectivity index (χ4v) is 4.21. The number of ether oxygens (including phenoxy) is 5. The SMILES string of the molecule is CC[C@@H](C)[C@@H](C)C1O[C@@](OCCOCc2ccc(OC)cc2)(C(=O)OC)C[C@@H](C)[C@H]1C. The van der Waals surface area contributed by atoms with E-state index in [4.69, 9.17) is 23.7 Å². The van der Waals surface area contributed by atoms with Gasteiger partial charge >= 0.3 is 5.97 Å². The third-order valence-corrected chi connectivity index (χ3v) is 6.88. The van der Waals surface area contributed by atoms with Crippen LogP contribution in [0.15, 0.2) is 24.3 Å². The van der Waals surface area contributed by atoms with Crippen molar-refractivity contribution in [3.63, 3.8) is 0 Å². The van der Waals surface area contributed by atoms with Gasteiger partial charge in [-0.15, -0.1) is 0 Å². The van der Waals surface area contributed by atoms with Crippen LogP contribution in [-0.2, 0) is 30.3 Å². The van der Waals surface area contributed by atoms with Gasteiger partial charge in [0.15, 0.2) is 0 Å². The van der Waals surface area contributed by atoms with E-state index in [0.29, 0.717) is 37.4 Å². The van der Waals surface area contributed by atoms with Crippen LogP contribution >= 0.6 is 0 Å². The predicted molar refractivity (Wildman–Crippen MR) is 120 cm³/mol. The van der Waals surface area contributed by atoms with Crippen molar-refractivity contribution in [2.45, 2.75) is 66.0 Å². The van der Waals surface area contributed by atoms with Crippen molar-refractivity contribution in [3.8, 4) is 5.75 Å². The van der Waals surface area contributed by atoms with Gasteiger partial charge in [0, 0.05) is 6.42 Å². The zero-order chi connectivity index (χ0) is 23.0. The Morgan fingerprint density at radius 3 is 2.42 bits per heavy atom. The van der Waals surface area contributed by atoms with E-state index < -0.39 is 11.8 Å². The van der Waals surface area contributed by atoms with Crippen LogP contribution in [0.5, 0.6) is 5.75 Å². The number of hydrogen-bond acceptors (Lipinski definition) is 6. The molecule has 0 bridgehead atoms. The maximum atomic E-state index is 12.8. The normalized spacial score (nSPS) is 28.0. The number of carbonyl (C=O) groups is 1. The van der Waals surface area contributed by atoms with E-state index in [9.17, 15) is 4.79 Å². The molecule has 1 aliphatic rings. The second kappa shape index (κ2) is 11.8. The fraction of sp³-hybridized carbons (Fsp3) is 0.720. The quantitative estimate of drug-likeness (QED) is 0.365. The highest BCUT2D eigenvalue weighted by molar-refractivity contribution is 5.78. The minimum absolute atomic E-state index is 0.0713. The summed E-state index contributed by atoms with van der Waals surface area (Å²) in [6, 6.07) is 7.73. The average Bonchev–Trinajstić information content (AvgIpc) is 2.79. The van der Waals surface area contributed by atoms with Crippen molar-refractivity contribution in [2.75, 3.05) is 27.4 Å². The minimum atomic E-state index is -1.38. The van der Waals surface area contributed by atoms with Gasteiger partial charge in [-0.2, -0.15) is 0 Å². The van der Waals surface area contributed by atoms with Gasteiger partial charge in [0.05, 0.1) is 40.1 Å². The molecule has 0 amide bonds. The number of methoxy groups -OCH3 is 2. The molecule has 0 spiro atoms.